The number of nitrogens with one attached hydrogen (secondary N) is 2. The second kappa shape index (κ2) is 8.58. The fourth-order valence-corrected chi connectivity index (χ4v) is 1.64. The van der Waals surface area contributed by atoms with E-state index in [-0.39, 0.29) is 0 Å². The molecular formula is C13H21N3O. The zero-order chi connectivity index (χ0) is 12.3. The van der Waals surface area contributed by atoms with E-state index in [0.29, 0.717) is 6.61 Å². The summed E-state index contributed by atoms with van der Waals surface area (Å²) in [4.78, 5) is 7.74. The van der Waals surface area contributed by atoms with Crippen LogP contribution in [0, 0.1) is 0 Å². The fourth-order valence-electron chi connectivity index (χ4n) is 1.64. The lowest BCUT2D eigenvalue weighted by Crippen LogP contribution is -2.12. The van der Waals surface area contributed by atoms with Crippen LogP contribution >= 0.6 is 0 Å². The van der Waals surface area contributed by atoms with Crippen molar-refractivity contribution in [2.45, 2.75) is 26.3 Å². The number of allylic oxidation sites excluding steroid dienone is 1. The molecule has 17 heavy (non-hydrogen) atoms. The van der Waals surface area contributed by atoms with Crippen LogP contribution in [0.5, 0.6) is 0 Å². The maximum absolute atomic E-state index is 4.50. The number of H-pyrrole nitrogens is 1. The first-order valence-corrected chi connectivity index (χ1v) is 5.93. The summed E-state index contributed by atoms with van der Waals surface area (Å²) in [5.74, 6) is 0. The summed E-state index contributed by atoms with van der Waals surface area (Å²) in [5, 5.41) is 6.53. The molecule has 2 N–H and O–H groups in total. The van der Waals surface area contributed by atoms with E-state index in [1.54, 1.807) is 0 Å². The zero-order valence-corrected chi connectivity index (χ0v) is 10.4. The molecule has 0 fully saturated rings. The molecule has 2 heterocycles. The molecular weight excluding hydrogens is 214 g/mol. The van der Waals surface area contributed by atoms with Gasteiger partial charge in [0.2, 0.25) is 0 Å². The van der Waals surface area contributed by atoms with Crippen LogP contribution in [-0.2, 0) is 17.8 Å². The molecule has 1 aromatic rings. The Morgan fingerprint density at radius 1 is 1.59 bits per heavy atom. The van der Waals surface area contributed by atoms with E-state index in [9.17, 15) is 0 Å². The topological polar surface area (TPSA) is 49.4 Å². The monoisotopic (exact) mass is 235 g/mol. The maximum atomic E-state index is 4.50. The molecule has 1 aliphatic rings. The molecule has 0 aromatic carbocycles. The summed E-state index contributed by atoms with van der Waals surface area (Å²) in [7, 11) is 0. The standard InChI is InChI=1S/C8H12N2.C5H9NO/c1-2-7-3-5-10-8(7)6-9-4-1;1-3-4-5-7-6-2/h3,5,9-10H,1-2,4,6H2;3-4H,2,5H2,1H3. The lowest BCUT2D eigenvalue weighted by atomic mass is 10.1. The highest BCUT2D eigenvalue weighted by Crippen LogP contribution is 2.11. The summed E-state index contributed by atoms with van der Waals surface area (Å²) >= 11 is 0. The molecule has 0 aliphatic carbocycles. The first-order chi connectivity index (χ1) is 8.38. The van der Waals surface area contributed by atoms with Gasteiger partial charge in [-0.25, -0.2) is 0 Å². The Labute approximate surface area is 103 Å². The Balaban J connectivity index is 0.000000185. The Bertz CT molecular complexity index is 324. The zero-order valence-electron chi connectivity index (χ0n) is 10.4. The van der Waals surface area contributed by atoms with Crippen molar-refractivity contribution in [3.63, 3.8) is 0 Å². The quantitative estimate of drug-likeness (QED) is 0.365. The van der Waals surface area contributed by atoms with Gasteiger partial charge in [0, 0.05) is 25.2 Å². The summed E-state index contributed by atoms with van der Waals surface area (Å²) in [6.45, 7) is 7.75. The van der Waals surface area contributed by atoms with Crippen molar-refractivity contribution in [2.75, 3.05) is 13.2 Å². The van der Waals surface area contributed by atoms with Crippen LogP contribution in [0.1, 0.15) is 24.6 Å². The smallest absolute Gasteiger partial charge is 0.135 e. The Morgan fingerprint density at radius 3 is 3.24 bits per heavy atom. The van der Waals surface area contributed by atoms with E-state index in [0.717, 1.165) is 13.1 Å². The molecule has 0 atom stereocenters. The number of aromatic amines is 1. The summed E-state index contributed by atoms with van der Waals surface area (Å²) in [6.07, 6.45) is 8.27. The number of fused-ring (bicyclic) bond motifs is 1. The van der Waals surface area contributed by atoms with Crippen LogP contribution in [0.3, 0.4) is 0 Å². The SMILES string of the molecule is C=NOCC=CC.c1cc2c([nH]1)CNCCC2. The van der Waals surface area contributed by atoms with Crippen LogP contribution in [0.25, 0.3) is 0 Å². The lowest BCUT2D eigenvalue weighted by Gasteiger charge is -1.95. The van der Waals surface area contributed by atoms with Gasteiger partial charge in [0.25, 0.3) is 0 Å². The number of oxime groups is 1. The number of hydrogen-bond donors (Lipinski definition) is 2. The average molecular weight is 235 g/mol. The fraction of sp³-hybridized carbons (Fsp3) is 0.462. The molecule has 94 valence electrons. The van der Waals surface area contributed by atoms with Gasteiger partial charge in [-0.15, -0.1) is 5.16 Å². The predicted molar refractivity (Wildman–Crippen MR) is 71.1 cm³/mol. The van der Waals surface area contributed by atoms with Gasteiger partial charge in [-0.1, -0.05) is 6.08 Å². The molecule has 0 saturated heterocycles. The van der Waals surface area contributed by atoms with Crippen LogP contribution in [0.2, 0.25) is 0 Å². The van der Waals surface area contributed by atoms with Gasteiger partial charge in [-0.05, 0) is 44.0 Å². The number of hydrogen-bond acceptors (Lipinski definition) is 3. The van der Waals surface area contributed by atoms with Crippen molar-refractivity contribution >= 4 is 6.72 Å². The first kappa shape index (κ1) is 13.5. The lowest BCUT2D eigenvalue weighted by molar-refractivity contribution is 0.177. The Kier molecular flexibility index (Phi) is 6.82. The summed E-state index contributed by atoms with van der Waals surface area (Å²) in [5.41, 5.74) is 2.86. The molecule has 0 radical (unpaired) electrons. The van der Waals surface area contributed by atoms with Gasteiger partial charge in [0.05, 0.1) is 0 Å². The van der Waals surface area contributed by atoms with Crippen LogP contribution < -0.4 is 5.32 Å². The second-order valence-corrected chi connectivity index (χ2v) is 3.76. The predicted octanol–water partition coefficient (Wildman–Crippen LogP) is 2.25. The average Bonchev–Trinajstić information content (AvgIpc) is 2.68. The number of rotatable bonds is 3. The van der Waals surface area contributed by atoms with E-state index in [1.807, 2.05) is 25.3 Å². The van der Waals surface area contributed by atoms with E-state index in [2.05, 4.69) is 33.1 Å². The molecule has 4 heteroatoms. The van der Waals surface area contributed by atoms with Crippen molar-refractivity contribution in [1.29, 1.82) is 0 Å². The minimum atomic E-state index is 0.528. The van der Waals surface area contributed by atoms with E-state index in [1.165, 1.54) is 24.1 Å². The minimum absolute atomic E-state index is 0.528. The highest BCUT2D eigenvalue weighted by Gasteiger charge is 2.05. The first-order valence-electron chi connectivity index (χ1n) is 5.93. The third-order valence-corrected chi connectivity index (χ3v) is 2.53. The van der Waals surface area contributed by atoms with Gasteiger partial charge in [0.15, 0.2) is 0 Å². The van der Waals surface area contributed by atoms with Crippen molar-refractivity contribution in [1.82, 2.24) is 10.3 Å². The molecule has 0 saturated carbocycles. The molecule has 1 aliphatic heterocycles. The molecule has 1 aromatic heterocycles. The van der Waals surface area contributed by atoms with Gasteiger partial charge in [-0.3, -0.25) is 0 Å². The van der Waals surface area contributed by atoms with Gasteiger partial charge in [0.1, 0.15) is 6.61 Å². The molecule has 0 unspecified atom stereocenters. The van der Waals surface area contributed by atoms with Crippen LogP contribution in [-0.4, -0.2) is 24.9 Å². The largest absolute Gasteiger partial charge is 0.392 e. The van der Waals surface area contributed by atoms with Gasteiger partial charge >= 0.3 is 0 Å². The summed E-state index contributed by atoms with van der Waals surface area (Å²) < 4.78 is 0. The minimum Gasteiger partial charge on any atom is -0.392 e. The Hall–Kier alpha value is -1.55. The van der Waals surface area contributed by atoms with Crippen molar-refractivity contribution in [3.05, 3.63) is 35.7 Å². The maximum Gasteiger partial charge on any atom is 0.135 e. The molecule has 0 bridgehead atoms. The number of nitrogens with zero attached hydrogens (tertiary/aromatic N) is 1. The van der Waals surface area contributed by atoms with Crippen LogP contribution in [0.15, 0.2) is 29.6 Å². The molecule has 0 spiro atoms. The molecule has 4 nitrogen and oxygen atoms in total. The van der Waals surface area contributed by atoms with E-state index in [4.69, 9.17) is 0 Å². The van der Waals surface area contributed by atoms with Gasteiger partial charge < -0.3 is 15.1 Å². The van der Waals surface area contributed by atoms with E-state index < -0.39 is 0 Å². The van der Waals surface area contributed by atoms with Crippen molar-refractivity contribution in [2.24, 2.45) is 5.16 Å². The van der Waals surface area contributed by atoms with Crippen molar-refractivity contribution in [3.8, 4) is 0 Å². The summed E-state index contributed by atoms with van der Waals surface area (Å²) in [6, 6.07) is 2.18. The molecule has 0 amide bonds. The highest BCUT2D eigenvalue weighted by atomic mass is 16.6. The normalized spacial score (nSPS) is 14.4. The Morgan fingerprint density at radius 2 is 2.47 bits per heavy atom. The third-order valence-electron chi connectivity index (χ3n) is 2.53. The number of aromatic nitrogens is 1. The number of aryl methyl sites for hydroxylation is 1. The van der Waals surface area contributed by atoms with Gasteiger partial charge in [-0.2, -0.15) is 0 Å². The molecule has 2 rings (SSSR count). The third kappa shape index (κ3) is 5.36. The second-order valence-electron chi connectivity index (χ2n) is 3.76. The van der Waals surface area contributed by atoms with E-state index >= 15 is 0 Å². The highest BCUT2D eigenvalue weighted by molar-refractivity contribution is 5.21. The van der Waals surface area contributed by atoms with Crippen molar-refractivity contribution < 1.29 is 4.84 Å². The van der Waals surface area contributed by atoms with Crippen LogP contribution in [0.4, 0.5) is 0 Å².